The minimum Gasteiger partial charge on any atom is -0.462 e. The topological polar surface area (TPSA) is 104 Å². The molecular formula is C12H22N4O4S. The van der Waals surface area contributed by atoms with Crippen LogP contribution in [0.5, 0.6) is 0 Å². The van der Waals surface area contributed by atoms with Crippen molar-refractivity contribution in [3.8, 4) is 0 Å². The van der Waals surface area contributed by atoms with Crippen molar-refractivity contribution in [2.75, 3.05) is 33.8 Å². The summed E-state index contributed by atoms with van der Waals surface area (Å²) in [6, 6.07) is 0. The van der Waals surface area contributed by atoms with Crippen LogP contribution in [0.2, 0.25) is 0 Å². The fourth-order valence-electron chi connectivity index (χ4n) is 1.67. The van der Waals surface area contributed by atoms with Crippen molar-refractivity contribution in [1.29, 1.82) is 0 Å². The number of nitrogens with zero attached hydrogens (tertiary/aromatic N) is 2. The van der Waals surface area contributed by atoms with Crippen molar-refractivity contribution < 1.29 is 17.9 Å². The van der Waals surface area contributed by atoms with Gasteiger partial charge in [0.05, 0.1) is 12.8 Å². The number of sulfonamides is 1. The highest BCUT2D eigenvalue weighted by molar-refractivity contribution is 7.89. The molecule has 0 fully saturated rings. The molecule has 2 N–H and O–H groups in total. The van der Waals surface area contributed by atoms with Gasteiger partial charge in [-0.05, 0) is 40.4 Å². The molecule has 0 aliphatic rings. The van der Waals surface area contributed by atoms with Crippen LogP contribution < -0.4 is 4.72 Å². The maximum Gasteiger partial charge on any atom is 0.342 e. The lowest BCUT2D eigenvalue weighted by Crippen LogP contribution is -2.27. The lowest BCUT2D eigenvalue weighted by molar-refractivity contribution is 0.0522. The molecule has 0 unspecified atom stereocenters. The van der Waals surface area contributed by atoms with E-state index < -0.39 is 16.0 Å². The molecule has 8 nitrogen and oxygen atoms in total. The monoisotopic (exact) mass is 318 g/mol. The van der Waals surface area contributed by atoms with E-state index >= 15 is 0 Å². The molecule has 1 aromatic heterocycles. The number of carbonyl (C=O) groups is 1. The van der Waals surface area contributed by atoms with Gasteiger partial charge in [-0.2, -0.15) is 5.10 Å². The molecule has 0 atom stereocenters. The van der Waals surface area contributed by atoms with E-state index in [1.165, 1.54) is 0 Å². The zero-order valence-electron chi connectivity index (χ0n) is 12.5. The smallest absolute Gasteiger partial charge is 0.342 e. The maximum atomic E-state index is 12.1. The predicted octanol–water partition coefficient (Wildman–Crippen LogP) is 0.207. The second-order valence-corrected chi connectivity index (χ2v) is 6.45. The van der Waals surface area contributed by atoms with Gasteiger partial charge >= 0.3 is 5.97 Å². The summed E-state index contributed by atoms with van der Waals surface area (Å²) in [5.41, 5.74) is -0.0855. The van der Waals surface area contributed by atoms with Crippen molar-refractivity contribution >= 4 is 16.0 Å². The third-order valence-corrected chi connectivity index (χ3v) is 4.13. The summed E-state index contributed by atoms with van der Waals surface area (Å²) >= 11 is 0. The first kappa shape index (κ1) is 17.6. The molecule has 0 spiro atoms. The maximum absolute atomic E-state index is 12.1. The number of hydrogen-bond donors (Lipinski definition) is 2. The number of ether oxygens (including phenoxy) is 1. The summed E-state index contributed by atoms with van der Waals surface area (Å²) in [6.45, 7) is 3.01. The molecule has 1 heterocycles. The zero-order chi connectivity index (χ0) is 15.9. The first-order chi connectivity index (χ1) is 9.88. The Morgan fingerprint density at radius 2 is 2.14 bits per heavy atom. The Hall–Kier alpha value is -1.45. The standard InChI is InChI=1S/C12H22N4O4S/c1-4-20-12(17)10-9-13-15-11(10)21(18,19)14-7-5-6-8-16(2)3/h9,14H,4-8H2,1-3H3,(H,13,15). The Labute approximate surface area is 124 Å². The molecule has 0 radical (unpaired) electrons. The molecule has 21 heavy (non-hydrogen) atoms. The van der Waals surface area contributed by atoms with Crippen molar-refractivity contribution in [2.45, 2.75) is 24.8 Å². The van der Waals surface area contributed by atoms with Gasteiger partial charge in [-0.3, -0.25) is 5.10 Å². The lowest BCUT2D eigenvalue weighted by atomic mass is 10.3. The number of hydrogen-bond acceptors (Lipinski definition) is 6. The average Bonchev–Trinajstić information content (AvgIpc) is 2.88. The van der Waals surface area contributed by atoms with Crippen LogP contribution >= 0.6 is 0 Å². The number of carbonyl (C=O) groups excluding carboxylic acids is 1. The van der Waals surface area contributed by atoms with Gasteiger partial charge in [0.15, 0.2) is 5.03 Å². The lowest BCUT2D eigenvalue weighted by Gasteiger charge is -2.09. The summed E-state index contributed by atoms with van der Waals surface area (Å²) in [4.78, 5) is 13.7. The molecule has 9 heteroatoms. The minimum absolute atomic E-state index is 0.0855. The van der Waals surface area contributed by atoms with Crippen LogP contribution in [0.4, 0.5) is 0 Å². The van der Waals surface area contributed by atoms with E-state index in [-0.39, 0.29) is 17.2 Å². The van der Waals surface area contributed by atoms with Crippen molar-refractivity contribution in [1.82, 2.24) is 19.8 Å². The summed E-state index contributed by atoms with van der Waals surface area (Å²) in [7, 11) is 0.123. The normalized spacial score (nSPS) is 11.8. The van der Waals surface area contributed by atoms with Gasteiger partial charge in [-0.1, -0.05) is 0 Å². The van der Waals surface area contributed by atoms with E-state index in [1.807, 2.05) is 19.0 Å². The minimum atomic E-state index is -3.79. The third-order valence-electron chi connectivity index (χ3n) is 2.69. The van der Waals surface area contributed by atoms with Gasteiger partial charge in [0.2, 0.25) is 0 Å². The number of esters is 1. The van der Waals surface area contributed by atoms with Crippen LogP contribution in [0.3, 0.4) is 0 Å². The van der Waals surface area contributed by atoms with Gasteiger partial charge in [0, 0.05) is 6.54 Å². The number of nitrogens with one attached hydrogen (secondary N) is 2. The fraction of sp³-hybridized carbons (Fsp3) is 0.667. The molecule has 0 bridgehead atoms. The molecule has 0 aromatic carbocycles. The van der Waals surface area contributed by atoms with E-state index in [9.17, 15) is 13.2 Å². The summed E-state index contributed by atoms with van der Waals surface area (Å²) in [6.07, 6.45) is 2.74. The Balaban J connectivity index is 2.63. The van der Waals surface area contributed by atoms with Crippen molar-refractivity contribution in [3.63, 3.8) is 0 Å². The molecule has 120 valence electrons. The van der Waals surface area contributed by atoms with Crippen LogP contribution in [0.1, 0.15) is 30.1 Å². The SMILES string of the molecule is CCOC(=O)c1cn[nH]c1S(=O)(=O)NCCCCN(C)C. The zero-order valence-corrected chi connectivity index (χ0v) is 13.4. The highest BCUT2D eigenvalue weighted by Crippen LogP contribution is 2.13. The number of rotatable bonds is 9. The largest absolute Gasteiger partial charge is 0.462 e. The Kier molecular flexibility index (Phi) is 6.79. The first-order valence-corrected chi connectivity index (χ1v) is 8.21. The number of unbranched alkanes of at least 4 members (excludes halogenated alkanes) is 1. The molecule has 0 saturated carbocycles. The molecule has 0 amide bonds. The number of H-pyrrole nitrogens is 1. The van der Waals surface area contributed by atoms with Gasteiger partial charge in [0.25, 0.3) is 10.0 Å². The van der Waals surface area contributed by atoms with Crippen LogP contribution in [0, 0.1) is 0 Å². The van der Waals surface area contributed by atoms with E-state index in [0.29, 0.717) is 13.0 Å². The van der Waals surface area contributed by atoms with Gasteiger partial charge < -0.3 is 9.64 Å². The second kappa shape index (κ2) is 8.11. The Morgan fingerprint density at radius 1 is 1.43 bits per heavy atom. The molecule has 1 aromatic rings. The van der Waals surface area contributed by atoms with Gasteiger partial charge in [-0.15, -0.1) is 0 Å². The molecular weight excluding hydrogens is 296 g/mol. The molecule has 0 aliphatic carbocycles. The summed E-state index contributed by atoms with van der Waals surface area (Å²) in [5, 5.41) is 5.69. The average molecular weight is 318 g/mol. The van der Waals surface area contributed by atoms with Crippen LogP contribution in [-0.4, -0.2) is 63.3 Å². The highest BCUT2D eigenvalue weighted by Gasteiger charge is 2.25. The van der Waals surface area contributed by atoms with E-state index in [0.717, 1.165) is 19.2 Å². The quantitative estimate of drug-likeness (QED) is 0.498. The first-order valence-electron chi connectivity index (χ1n) is 6.73. The van der Waals surface area contributed by atoms with E-state index in [4.69, 9.17) is 4.74 Å². The van der Waals surface area contributed by atoms with E-state index in [2.05, 4.69) is 14.9 Å². The van der Waals surface area contributed by atoms with Crippen LogP contribution in [-0.2, 0) is 14.8 Å². The Morgan fingerprint density at radius 3 is 2.76 bits per heavy atom. The van der Waals surface area contributed by atoms with Crippen molar-refractivity contribution in [2.24, 2.45) is 0 Å². The second-order valence-electron chi connectivity index (χ2n) is 4.74. The van der Waals surface area contributed by atoms with E-state index in [1.54, 1.807) is 6.92 Å². The van der Waals surface area contributed by atoms with Crippen LogP contribution in [0.15, 0.2) is 11.2 Å². The fourth-order valence-corrected chi connectivity index (χ4v) is 2.82. The molecule has 0 aliphatic heterocycles. The molecule has 1 rings (SSSR count). The summed E-state index contributed by atoms with van der Waals surface area (Å²) < 4.78 is 31.5. The van der Waals surface area contributed by atoms with Crippen molar-refractivity contribution in [3.05, 3.63) is 11.8 Å². The predicted molar refractivity (Wildman–Crippen MR) is 77.5 cm³/mol. The summed E-state index contributed by atoms with van der Waals surface area (Å²) in [5.74, 6) is -0.709. The third kappa shape index (κ3) is 5.44. The van der Waals surface area contributed by atoms with Gasteiger partial charge in [-0.25, -0.2) is 17.9 Å². The Bertz CT molecular complexity index is 553. The molecule has 0 saturated heterocycles. The van der Waals surface area contributed by atoms with Crippen LogP contribution in [0.25, 0.3) is 0 Å². The van der Waals surface area contributed by atoms with Gasteiger partial charge in [0.1, 0.15) is 5.56 Å². The highest BCUT2D eigenvalue weighted by atomic mass is 32.2. The number of aromatic nitrogens is 2. The number of aromatic amines is 1.